The van der Waals surface area contributed by atoms with Crippen LogP contribution in [0.25, 0.3) is 0 Å². The van der Waals surface area contributed by atoms with Gasteiger partial charge in [0, 0.05) is 6.54 Å². The Morgan fingerprint density at radius 2 is 1.48 bits per heavy atom. The van der Waals surface area contributed by atoms with E-state index in [9.17, 15) is 4.79 Å². The Labute approximate surface area is 123 Å². The van der Waals surface area contributed by atoms with E-state index in [-0.39, 0.29) is 11.9 Å². The highest BCUT2D eigenvalue weighted by Gasteiger charge is 2.49. The molecule has 4 nitrogen and oxygen atoms in total. The predicted octanol–water partition coefficient (Wildman–Crippen LogP) is 2.11. The first-order valence-electron chi connectivity index (χ1n) is 6.98. The molecule has 0 radical (unpaired) electrons. The van der Waals surface area contributed by atoms with E-state index in [2.05, 4.69) is 4.99 Å². The third-order valence-electron chi connectivity index (χ3n) is 3.81. The van der Waals surface area contributed by atoms with Crippen LogP contribution in [0.5, 0.6) is 0 Å². The molecule has 0 bridgehead atoms. The van der Waals surface area contributed by atoms with Gasteiger partial charge in [0.2, 0.25) is 0 Å². The largest absolute Gasteiger partial charge is 0.369 e. The zero-order valence-electron chi connectivity index (χ0n) is 11.9. The number of nitrogens with two attached hydrogens (primary N) is 1. The first-order valence-corrected chi connectivity index (χ1v) is 6.98. The van der Waals surface area contributed by atoms with Crippen molar-refractivity contribution < 1.29 is 4.79 Å². The summed E-state index contributed by atoms with van der Waals surface area (Å²) in [7, 11) is 0. The van der Waals surface area contributed by atoms with Gasteiger partial charge in [0.25, 0.3) is 5.91 Å². The van der Waals surface area contributed by atoms with Gasteiger partial charge in [0.05, 0.1) is 0 Å². The van der Waals surface area contributed by atoms with Crippen LogP contribution >= 0.6 is 0 Å². The highest BCUT2D eigenvalue weighted by molar-refractivity contribution is 6.09. The Morgan fingerprint density at radius 1 is 1.00 bits per heavy atom. The van der Waals surface area contributed by atoms with Crippen molar-refractivity contribution in [1.82, 2.24) is 4.90 Å². The van der Waals surface area contributed by atoms with Gasteiger partial charge < -0.3 is 5.73 Å². The molecule has 0 unspecified atom stereocenters. The molecule has 0 fully saturated rings. The molecule has 1 aliphatic rings. The molecular formula is C17H17N3O. The van der Waals surface area contributed by atoms with E-state index in [1.54, 1.807) is 0 Å². The van der Waals surface area contributed by atoms with Gasteiger partial charge in [0.1, 0.15) is 0 Å². The molecule has 1 aliphatic heterocycles. The maximum Gasteiger partial charge on any atom is 0.266 e. The molecule has 4 heteroatoms. The summed E-state index contributed by atoms with van der Waals surface area (Å²) in [6, 6.07) is 19.2. The van der Waals surface area contributed by atoms with E-state index in [1.807, 2.05) is 67.6 Å². The molecule has 0 spiro atoms. The third-order valence-corrected chi connectivity index (χ3v) is 3.81. The van der Waals surface area contributed by atoms with Crippen molar-refractivity contribution >= 4 is 11.9 Å². The van der Waals surface area contributed by atoms with E-state index < -0.39 is 5.54 Å². The molecule has 0 saturated carbocycles. The lowest BCUT2D eigenvalue weighted by Crippen LogP contribution is -2.43. The zero-order valence-corrected chi connectivity index (χ0v) is 11.9. The Kier molecular flexibility index (Phi) is 3.22. The van der Waals surface area contributed by atoms with E-state index in [1.165, 1.54) is 4.90 Å². The van der Waals surface area contributed by atoms with Gasteiger partial charge in [-0.25, -0.2) is 4.99 Å². The molecular weight excluding hydrogens is 262 g/mol. The predicted molar refractivity (Wildman–Crippen MR) is 82.7 cm³/mol. The molecule has 0 saturated heterocycles. The van der Waals surface area contributed by atoms with Crippen LogP contribution in [-0.2, 0) is 10.3 Å². The lowest BCUT2D eigenvalue weighted by molar-refractivity contribution is -0.130. The van der Waals surface area contributed by atoms with Crippen LogP contribution in [0.1, 0.15) is 18.1 Å². The van der Waals surface area contributed by atoms with Crippen molar-refractivity contribution in [2.45, 2.75) is 12.5 Å². The Bertz CT molecular complexity index is 640. The van der Waals surface area contributed by atoms with Crippen molar-refractivity contribution in [2.24, 2.45) is 10.7 Å². The number of nitrogens with zero attached hydrogens (tertiary/aromatic N) is 2. The summed E-state index contributed by atoms with van der Waals surface area (Å²) in [5, 5.41) is 0. The van der Waals surface area contributed by atoms with Gasteiger partial charge in [-0.05, 0) is 18.1 Å². The van der Waals surface area contributed by atoms with Gasteiger partial charge >= 0.3 is 0 Å². The first kappa shape index (κ1) is 13.4. The number of rotatable bonds is 3. The molecule has 0 aliphatic carbocycles. The summed E-state index contributed by atoms with van der Waals surface area (Å²) in [6.07, 6.45) is 0. The van der Waals surface area contributed by atoms with E-state index >= 15 is 0 Å². The number of aliphatic imine (C=N–C) groups is 1. The van der Waals surface area contributed by atoms with Crippen LogP contribution in [0, 0.1) is 0 Å². The maximum absolute atomic E-state index is 13.0. The fraction of sp³-hybridized carbons (Fsp3) is 0.176. The first-order chi connectivity index (χ1) is 10.2. The van der Waals surface area contributed by atoms with Gasteiger partial charge in [-0.3, -0.25) is 9.69 Å². The second-order valence-corrected chi connectivity index (χ2v) is 4.96. The second-order valence-electron chi connectivity index (χ2n) is 4.96. The van der Waals surface area contributed by atoms with Crippen LogP contribution in [-0.4, -0.2) is 23.3 Å². The standard InChI is InChI=1S/C17H17N3O/c1-2-20-15(21)17(19-16(20)18,13-9-5-3-6-10-13)14-11-7-4-8-12-14/h3-12H,2H2,1H3,(H2,18,19). The molecule has 1 amide bonds. The third kappa shape index (κ3) is 1.91. The van der Waals surface area contributed by atoms with Crippen LogP contribution in [0.3, 0.4) is 0 Å². The highest BCUT2D eigenvalue weighted by Crippen LogP contribution is 2.39. The summed E-state index contributed by atoms with van der Waals surface area (Å²) in [5.74, 6) is 0.176. The summed E-state index contributed by atoms with van der Waals surface area (Å²) < 4.78 is 0. The van der Waals surface area contributed by atoms with Gasteiger partial charge in [-0.1, -0.05) is 60.7 Å². The van der Waals surface area contributed by atoms with Gasteiger partial charge in [0.15, 0.2) is 11.5 Å². The smallest absolute Gasteiger partial charge is 0.266 e. The van der Waals surface area contributed by atoms with E-state index in [0.29, 0.717) is 6.54 Å². The van der Waals surface area contributed by atoms with Crippen molar-refractivity contribution in [3.63, 3.8) is 0 Å². The lowest BCUT2D eigenvalue weighted by Gasteiger charge is -2.26. The van der Waals surface area contributed by atoms with E-state index in [4.69, 9.17) is 5.73 Å². The highest BCUT2D eigenvalue weighted by atomic mass is 16.2. The van der Waals surface area contributed by atoms with Crippen molar-refractivity contribution in [2.75, 3.05) is 6.54 Å². The minimum Gasteiger partial charge on any atom is -0.369 e. The van der Waals surface area contributed by atoms with Crippen LogP contribution in [0.2, 0.25) is 0 Å². The number of hydrogen-bond acceptors (Lipinski definition) is 3. The number of likely N-dealkylation sites (N-methyl/N-ethyl adjacent to an activating group) is 1. The van der Waals surface area contributed by atoms with Gasteiger partial charge in [-0.15, -0.1) is 0 Å². The number of benzene rings is 2. The number of guanidine groups is 1. The molecule has 106 valence electrons. The quantitative estimate of drug-likeness (QED) is 0.935. The molecule has 21 heavy (non-hydrogen) atoms. The molecule has 2 N–H and O–H groups in total. The molecule has 3 rings (SSSR count). The number of carbonyl (C=O) groups excluding carboxylic acids is 1. The Balaban J connectivity index is 2.26. The minimum atomic E-state index is -1.07. The number of hydrogen-bond donors (Lipinski definition) is 1. The van der Waals surface area contributed by atoms with Crippen LogP contribution in [0.15, 0.2) is 65.7 Å². The molecule has 0 aromatic heterocycles. The van der Waals surface area contributed by atoms with Crippen molar-refractivity contribution in [3.8, 4) is 0 Å². The summed E-state index contributed by atoms with van der Waals surface area (Å²) in [5.41, 5.74) is 6.59. The van der Waals surface area contributed by atoms with Crippen molar-refractivity contribution in [1.29, 1.82) is 0 Å². The minimum absolute atomic E-state index is 0.0973. The Morgan fingerprint density at radius 3 is 1.86 bits per heavy atom. The average molecular weight is 279 g/mol. The summed E-state index contributed by atoms with van der Waals surface area (Å²) in [4.78, 5) is 19.1. The monoisotopic (exact) mass is 279 g/mol. The fourth-order valence-corrected chi connectivity index (χ4v) is 2.79. The van der Waals surface area contributed by atoms with Gasteiger partial charge in [-0.2, -0.15) is 0 Å². The Hall–Kier alpha value is -2.62. The second kappa shape index (κ2) is 5.05. The van der Waals surface area contributed by atoms with Crippen molar-refractivity contribution in [3.05, 3.63) is 71.8 Å². The summed E-state index contributed by atoms with van der Waals surface area (Å²) >= 11 is 0. The molecule has 2 aromatic carbocycles. The van der Waals surface area contributed by atoms with E-state index in [0.717, 1.165) is 11.1 Å². The molecule has 2 aromatic rings. The topological polar surface area (TPSA) is 58.7 Å². The fourth-order valence-electron chi connectivity index (χ4n) is 2.79. The number of amides is 1. The van der Waals surface area contributed by atoms with Crippen LogP contribution < -0.4 is 5.73 Å². The van der Waals surface area contributed by atoms with Crippen LogP contribution in [0.4, 0.5) is 0 Å². The normalized spacial score (nSPS) is 16.9. The maximum atomic E-state index is 13.0. The lowest BCUT2D eigenvalue weighted by atomic mass is 9.83. The number of carbonyl (C=O) groups is 1. The average Bonchev–Trinajstić information content (AvgIpc) is 2.80. The molecule has 1 heterocycles. The SMILES string of the molecule is CCN1C(=O)C(c2ccccc2)(c2ccccc2)N=C1N. The zero-order chi connectivity index (χ0) is 14.9. The summed E-state index contributed by atoms with van der Waals surface area (Å²) in [6.45, 7) is 2.40. The molecule has 0 atom stereocenters.